The first-order valence-electron chi connectivity index (χ1n) is 8.40. The molecule has 0 N–H and O–H groups in total. The Morgan fingerprint density at radius 2 is 1.64 bits per heavy atom. The van der Waals surface area contributed by atoms with E-state index in [0.717, 1.165) is 22.5 Å². The molecule has 0 radical (unpaired) electrons. The molecule has 0 aliphatic heterocycles. The number of carbonyl (C=O) groups is 1. The first kappa shape index (κ1) is 17.0. The van der Waals surface area contributed by atoms with Gasteiger partial charge in [-0.15, -0.1) is 0 Å². The van der Waals surface area contributed by atoms with Crippen molar-refractivity contribution >= 4 is 11.6 Å². The fraction of sp³-hybridized carbons (Fsp3) is 0.238. The molecule has 1 aromatic heterocycles. The van der Waals surface area contributed by atoms with Crippen LogP contribution in [0.15, 0.2) is 54.6 Å². The van der Waals surface area contributed by atoms with E-state index in [1.165, 1.54) is 5.56 Å². The van der Waals surface area contributed by atoms with E-state index in [9.17, 15) is 4.79 Å². The lowest BCUT2D eigenvalue weighted by Crippen LogP contribution is -2.31. The first-order chi connectivity index (χ1) is 12.0. The lowest BCUT2D eigenvalue weighted by molar-refractivity contribution is 0.0979. The lowest BCUT2D eigenvalue weighted by atomic mass is 10.1. The summed E-state index contributed by atoms with van der Waals surface area (Å²) in [6, 6.07) is 18.0. The maximum atomic E-state index is 13.2. The normalized spacial score (nSPS) is 10.7. The van der Waals surface area contributed by atoms with Gasteiger partial charge in [-0.25, -0.2) is 0 Å². The van der Waals surface area contributed by atoms with Crippen LogP contribution in [0.5, 0.6) is 0 Å². The highest BCUT2D eigenvalue weighted by molar-refractivity contribution is 6.05. The van der Waals surface area contributed by atoms with Crippen LogP contribution in [-0.2, 0) is 13.6 Å². The van der Waals surface area contributed by atoms with E-state index < -0.39 is 0 Å². The molecule has 1 heterocycles. The average Bonchev–Trinajstić information content (AvgIpc) is 2.93. The Kier molecular flexibility index (Phi) is 4.70. The van der Waals surface area contributed by atoms with Crippen molar-refractivity contribution in [3.05, 3.63) is 82.7 Å². The standard InChI is InChI=1S/C21H23N3O/c1-15-9-5-7-11-18(15)14-24(20-12-8-6-10-16(20)2)21(25)19-13-17(3)23(4)22-19/h5-13H,14H2,1-4H3. The Labute approximate surface area is 148 Å². The average molecular weight is 333 g/mol. The zero-order valence-electron chi connectivity index (χ0n) is 15.2. The zero-order chi connectivity index (χ0) is 18.0. The molecule has 4 heteroatoms. The molecule has 4 nitrogen and oxygen atoms in total. The molecule has 0 fully saturated rings. The molecule has 3 rings (SSSR count). The molecule has 0 saturated heterocycles. The van der Waals surface area contributed by atoms with Crippen LogP contribution in [0.4, 0.5) is 5.69 Å². The Hall–Kier alpha value is -2.88. The van der Waals surface area contributed by atoms with Crippen LogP contribution in [0.25, 0.3) is 0 Å². The van der Waals surface area contributed by atoms with Crippen molar-refractivity contribution in [2.24, 2.45) is 7.05 Å². The van der Waals surface area contributed by atoms with E-state index in [-0.39, 0.29) is 5.91 Å². The van der Waals surface area contributed by atoms with Crippen LogP contribution >= 0.6 is 0 Å². The quantitative estimate of drug-likeness (QED) is 0.718. The Balaban J connectivity index is 2.04. The number of para-hydroxylation sites is 1. The molecule has 0 saturated carbocycles. The lowest BCUT2D eigenvalue weighted by Gasteiger charge is -2.24. The molecule has 3 aromatic rings. The van der Waals surface area contributed by atoms with E-state index in [2.05, 4.69) is 24.2 Å². The predicted molar refractivity (Wildman–Crippen MR) is 101 cm³/mol. The summed E-state index contributed by atoms with van der Waals surface area (Å²) in [5, 5.41) is 4.38. The van der Waals surface area contributed by atoms with Crippen LogP contribution in [-0.4, -0.2) is 15.7 Å². The third kappa shape index (κ3) is 3.48. The molecule has 0 bridgehead atoms. The molecule has 0 aliphatic rings. The van der Waals surface area contributed by atoms with Crippen LogP contribution in [0, 0.1) is 20.8 Å². The maximum Gasteiger partial charge on any atom is 0.279 e. The van der Waals surface area contributed by atoms with Crippen molar-refractivity contribution in [1.82, 2.24) is 9.78 Å². The summed E-state index contributed by atoms with van der Waals surface area (Å²) in [5.41, 5.74) is 5.72. The fourth-order valence-corrected chi connectivity index (χ4v) is 2.89. The van der Waals surface area contributed by atoms with Crippen LogP contribution in [0.1, 0.15) is 32.9 Å². The highest BCUT2D eigenvalue weighted by atomic mass is 16.2. The summed E-state index contributed by atoms with van der Waals surface area (Å²) in [4.78, 5) is 15.0. The number of aromatic nitrogens is 2. The van der Waals surface area contributed by atoms with Gasteiger partial charge in [0.05, 0.1) is 6.54 Å². The molecule has 0 unspecified atom stereocenters. The molecule has 128 valence electrons. The SMILES string of the molecule is Cc1ccccc1CN(C(=O)c1cc(C)n(C)n1)c1ccccc1C. The second-order valence-corrected chi connectivity index (χ2v) is 6.40. The number of nitrogens with zero attached hydrogens (tertiary/aromatic N) is 3. The van der Waals surface area contributed by atoms with E-state index in [0.29, 0.717) is 12.2 Å². The van der Waals surface area contributed by atoms with Gasteiger partial charge >= 0.3 is 0 Å². The van der Waals surface area contributed by atoms with Gasteiger partial charge in [-0.2, -0.15) is 5.10 Å². The molecule has 0 spiro atoms. The van der Waals surface area contributed by atoms with Gasteiger partial charge in [-0.3, -0.25) is 9.48 Å². The van der Waals surface area contributed by atoms with E-state index in [1.807, 2.05) is 68.3 Å². The molecular formula is C21H23N3O. The number of hydrogen-bond donors (Lipinski definition) is 0. The zero-order valence-corrected chi connectivity index (χ0v) is 15.2. The molecule has 1 amide bonds. The second kappa shape index (κ2) is 6.93. The minimum Gasteiger partial charge on any atom is -0.302 e. The molecule has 0 atom stereocenters. The van der Waals surface area contributed by atoms with Gasteiger partial charge in [0.1, 0.15) is 0 Å². The van der Waals surface area contributed by atoms with Gasteiger partial charge in [0, 0.05) is 18.4 Å². The summed E-state index contributed by atoms with van der Waals surface area (Å²) >= 11 is 0. The number of aryl methyl sites for hydroxylation is 4. The Morgan fingerprint density at radius 3 is 2.24 bits per heavy atom. The first-order valence-corrected chi connectivity index (χ1v) is 8.40. The molecule has 0 aliphatic carbocycles. The van der Waals surface area contributed by atoms with Gasteiger partial charge in [-0.05, 0) is 49.6 Å². The van der Waals surface area contributed by atoms with Gasteiger partial charge in [0.15, 0.2) is 5.69 Å². The third-order valence-corrected chi connectivity index (χ3v) is 4.57. The van der Waals surface area contributed by atoms with Gasteiger partial charge in [0.25, 0.3) is 5.91 Å². The van der Waals surface area contributed by atoms with Crippen LogP contribution in [0.2, 0.25) is 0 Å². The largest absolute Gasteiger partial charge is 0.302 e. The number of anilines is 1. The van der Waals surface area contributed by atoms with Crippen molar-refractivity contribution in [2.75, 3.05) is 4.90 Å². The minimum atomic E-state index is -0.0822. The highest BCUT2D eigenvalue weighted by Crippen LogP contribution is 2.24. The summed E-state index contributed by atoms with van der Waals surface area (Å²) in [7, 11) is 1.85. The van der Waals surface area contributed by atoms with Gasteiger partial charge in [0.2, 0.25) is 0 Å². The third-order valence-electron chi connectivity index (χ3n) is 4.57. The number of benzene rings is 2. The fourth-order valence-electron chi connectivity index (χ4n) is 2.89. The topological polar surface area (TPSA) is 38.1 Å². The van der Waals surface area contributed by atoms with Crippen molar-refractivity contribution in [1.29, 1.82) is 0 Å². The predicted octanol–water partition coefficient (Wildman–Crippen LogP) is 4.19. The summed E-state index contributed by atoms with van der Waals surface area (Å²) in [6.45, 7) is 6.56. The van der Waals surface area contributed by atoms with E-state index in [1.54, 1.807) is 4.68 Å². The number of rotatable bonds is 4. The van der Waals surface area contributed by atoms with E-state index >= 15 is 0 Å². The maximum absolute atomic E-state index is 13.2. The van der Waals surface area contributed by atoms with Crippen LogP contribution in [0.3, 0.4) is 0 Å². The van der Waals surface area contributed by atoms with Gasteiger partial charge in [-0.1, -0.05) is 42.5 Å². The smallest absolute Gasteiger partial charge is 0.279 e. The molecule has 2 aromatic carbocycles. The second-order valence-electron chi connectivity index (χ2n) is 6.40. The van der Waals surface area contributed by atoms with Crippen LogP contribution < -0.4 is 4.90 Å². The summed E-state index contributed by atoms with van der Waals surface area (Å²) < 4.78 is 1.73. The minimum absolute atomic E-state index is 0.0822. The number of amides is 1. The van der Waals surface area contributed by atoms with Crippen molar-refractivity contribution in [3.63, 3.8) is 0 Å². The molecular weight excluding hydrogens is 310 g/mol. The summed E-state index contributed by atoms with van der Waals surface area (Å²) in [6.07, 6.45) is 0. The molecule has 25 heavy (non-hydrogen) atoms. The van der Waals surface area contributed by atoms with Crippen molar-refractivity contribution < 1.29 is 4.79 Å². The van der Waals surface area contributed by atoms with Crippen molar-refractivity contribution in [3.8, 4) is 0 Å². The van der Waals surface area contributed by atoms with E-state index in [4.69, 9.17) is 0 Å². The highest BCUT2D eigenvalue weighted by Gasteiger charge is 2.22. The van der Waals surface area contributed by atoms with Gasteiger partial charge < -0.3 is 4.90 Å². The Morgan fingerprint density at radius 1 is 1.00 bits per heavy atom. The number of carbonyl (C=O) groups excluding carboxylic acids is 1. The van der Waals surface area contributed by atoms with Crippen molar-refractivity contribution in [2.45, 2.75) is 27.3 Å². The number of hydrogen-bond acceptors (Lipinski definition) is 2. The summed E-state index contributed by atoms with van der Waals surface area (Å²) in [5.74, 6) is -0.0822. The Bertz CT molecular complexity index is 892. The monoisotopic (exact) mass is 333 g/mol.